The highest BCUT2D eigenvalue weighted by Crippen LogP contribution is 2.26. The zero-order valence-corrected chi connectivity index (χ0v) is 7.40. The van der Waals surface area contributed by atoms with Gasteiger partial charge in [-0.1, -0.05) is 6.07 Å². The van der Waals surface area contributed by atoms with Crippen molar-refractivity contribution < 1.29 is 9.90 Å². The van der Waals surface area contributed by atoms with Gasteiger partial charge in [-0.3, -0.25) is 0 Å². The van der Waals surface area contributed by atoms with Crippen LogP contribution in [0.15, 0.2) is 18.3 Å². The van der Waals surface area contributed by atoms with Gasteiger partial charge in [0.05, 0.1) is 5.60 Å². The molecule has 1 rings (SSSR count). The Balaban J connectivity index is 3.06. The highest BCUT2D eigenvalue weighted by Gasteiger charge is 2.24. The number of nitrogens with two attached hydrogens (primary N) is 1. The average Bonchev–Trinajstić information content (AvgIpc) is 2.04. The molecular formula is C9H12N2O2. The van der Waals surface area contributed by atoms with Crippen molar-refractivity contribution >= 4 is 12.1 Å². The Kier molecular flexibility index (Phi) is 2.63. The molecule has 0 aliphatic carbocycles. The van der Waals surface area contributed by atoms with Crippen LogP contribution in [0.25, 0.3) is 0 Å². The second-order valence-corrected chi connectivity index (χ2v) is 3.08. The van der Waals surface area contributed by atoms with E-state index >= 15 is 0 Å². The van der Waals surface area contributed by atoms with Gasteiger partial charge in [-0.15, -0.1) is 0 Å². The van der Waals surface area contributed by atoms with E-state index in [1.165, 1.54) is 13.1 Å². The molecular weight excluding hydrogens is 168 g/mol. The molecule has 13 heavy (non-hydrogen) atoms. The number of carbonyl (C=O) groups excluding carboxylic acids is 1. The SMILES string of the molecule is CC(O)(CC=O)c1cccnc1N. The smallest absolute Gasteiger partial charge is 0.129 e. The Morgan fingerprint density at radius 1 is 1.77 bits per heavy atom. The molecule has 1 aromatic heterocycles. The molecule has 0 bridgehead atoms. The number of carbonyl (C=O) groups is 1. The maximum absolute atomic E-state index is 10.3. The number of aromatic nitrogens is 1. The second-order valence-electron chi connectivity index (χ2n) is 3.08. The van der Waals surface area contributed by atoms with E-state index < -0.39 is 5.60 Å². The van der Waals surface area contributed by atoms with Crippen LogP contribution < -0.4 is 5.73 Å². The summed E-state index contributed by atoms with van der Waals surface area (Å²) in [4.78, 5) is 14.1. The third-order valence-electron chi connectivity index (χ3n) is 1.90. The maximum Gasteiger partial charge on any atom is 0.129 e. The van der Waals surface area contributed by atoms with Gasteiger partial charge in [0, 0.05) is 18.2 Å². The van der Waals surface area contributed by atoms with E-state index in [0.29, 0.717) is 11.8 Å². The fourth-order valence-corrected chi connectivity index (χ4v) is 1.15. The lowest BCUT2D eigenvalue weighted by Crippen LogP contribution is -2.23. The van der Waals surface area contributed by atoms with Crippen LogP contribution in [0.2, 0.25) is 0 Å². The van der Waals surface area contributed by atoms with E-state index in [1.807, 2.05) is 0 Å². The zero-order valence-electron chi connectivity index (χ0n) is 7.40. The van der Waals surface area contributed by atoms with Crippen molar-refractivity contribution in [2.45, 2.75) is 18.9 Å². The van der Waals surface area contributed by atoms with E-state index in [0.717, 1.165) is 0 Å². The van der Waals surface area contributed by atoms with E-state index in [1.54, 1.807) is 12.1 Å². The second kappa shape index (κ2) is 3.53. The van der Waals surface area contributed by atoms with E-state index in [-0.39, 0.29) is 12.2 Å². The van der Waals surface area contributed by atoms with E-state index in [2.05, 4.69) is 4.98 Å². The Hall–Kier alpha value is -1.42. The fourth-order valence-electron chi connectivity index (χ4n) is 1.15. The van der Waals surface area contributed by atoms with Gasteiger partial charge in [0.2, 0.25) is 0 Å². The molecule has 1 heterocycles. The van der Waals surface area contributed by atoms with Gasteiger partial charge >= 0.3 is 0 Å². The minimum Gasteiger partial charge on any atom is -0.385 e. The number of aliphatic hydroxyl groups is 1. The Labute approximate surface area is 76.4 Å². The molecule has 1 aromatic rings. The number of pyridine rings is 1. The number of nitrogen functional groups attached to an aromatic ring is 1. The molecule has 0 aliphatic rings. The van der Waals surface area contributed by atoms with Gasteiger partial charge in [0.1, 0.15) is 12.1 Å². The summed E-state index contributed by atoms with van der Waals surface area (Å²) < 4.78 is 0. The summed E-state index contributed by atoms with van der Waals surface area (Å²) in [6.07, 6.45) is 2.21. The summed E-state index contributed by atoms with van der Waals surface area (Å²) in [6.45, 7) is 1.54. The minimum absolute atomic E-state index is 0.0168. The molecule has 0 aromatic carbocycles. The van der Waals surface area contributed by atoms with E-state index in [9.17, 15) is 9.90 Å². The van der Waals surface area contributed by atoms with Crippen LogP contribution in [0.5, 0.6) is 0 Å². The predicted molar refractivity (Wildman–Crippen MR) is 48.9 cm³/mol. The molecule has 0 aliphatic heterocycles. The summed E-state index contributed by atoms with van der Waals surface area (Å²) in [5, 5.41) is 9.82. The molecule has 1 atom stereocenters. The topological polar surface area (TPSA) is 76.2 Å². The minimum atomic E-state index is -1.22. The number of hydrogen-bond donors (Lipinski definition) is 2. The largest absolute Gasteiger partial charge is 0.385 e. The summed E-state index contributed by atoms with van der Waals surface area (Å²) >= 11 is 0. The quantitative estimate of drug-likeness (QED) is 0.662. The zero-order chi connectivity index (χ0) is 9.90. The number of hydrogen-bond acceptors (Lipinski definition) is 4. The first-order valence-electron chi connectivity index (χ1n) is 3.95. The van der Waals surface area contributed by atoms with Gasteiger partial charge < -0.3 is 15.6 Å². The van der Waals surface area contributed by atoms with Gasteiger partial charge in [0.15, 0.2) is 0 Å². The van der Waals surface area contributed by atoms with Crippen LogP contribution in [0.3, 0.4) is 0 Å². The highest BCUT2D eigenvalue weighted by atomic mass is 16.3. The Morgan fingerprint density at radius 3 is 3.00 bits per heavy atom. The van der Waals surface area contributed by atoms with Crippen LogP contribution in [-0.4, -0.2) is 16.4 Å². The standard InChI is InChI=1S/C9H12N2O2/c1-9(13,4-6-12)7-3-2-5-11-8(7)10/h2-3,5-6,13H,4H2,1H3,(H2,10,11). The van der Waals surface area contributed by atoms with Crippen LogP contribution in [-0.2, 0) is 10.4 Å². The van der Waals surface area contributed by atoms with Crippen molar-refractivity contribution in [3.05, 3.63) is 23.9 Å². The summed E-state index contributed by atoms with van der Waals surface area (Å²) in [7, 11) is 0. The molecule has 4 nitrogen and oxygen atoms in total. The molecule has 0 radical (unpaired) electrons. The van der Waals surface area contributed by atoms with Crippen LogP contribution in [0, 0.1) is 0 Å². The fraction of sp³-hybridized carbons (Fsp3) is 0.333. The number of nitrogens with zero attached hydrogens (tertiary/aromatic N) is 1. The summed E-state index contributed by atoms with van der Waals surface area (Å²) in [6, 6.07) is 3.33. The van der Waals surface area contributed by atoms with Crippen molar-refractivity contribution in [1.29, 1.82) is 0 Å². The Morgan fingerprint density at radius 2 is 2.46 bits per heavy atom. The summed E-state index contributed by atoms with van der Waals surface area (Å²) in [5.74, 6) is 0.259. The lowest BCUT2D eigenvalue weighted by Gasteiger charge is -2.21. The van der Waals surface area contributed by atoms with Crippen molar-refractivity contribution in [3.8, 4) is 0 Å². The first kappa shape index (κ1) is 9.67. The van der Waals surface area contributed by atoms with Crippen LogP contribution >= 0.6 is 0 Å². The van der Waals surface area contributed by atoms with Gasteiger partial charge in [-0.2, -0.15) is 0 Å². The van der Waals surface area contributed by atoms with Crippen molar-refractivity contribution in [2.75, 3.05) is 5.73 Å². The van der Waals surface area contributed by atoms with E-state index in [4.69, 9.17) is 5.73 Å². The maximum atomic E-state index is 10.3. The van der Waals surface area contributed by atoms with Crippen LogP contribution in [0.4, 0.5) is 5.82 Å². The molecule has 0 spiro atoms. The first-order valence-corrected chi connectivity index (χ1v) is 3.95. The lowest BCUT2D eigenvalue weighted by molar-refractivity contribution is -0.112. The Bertz CT molecular complexity index is 310. The molecule has 0 saturated carbocycles. The molecule has 0 saturated heterocycles. The molecule has 0 fully saturated rings. The molecule has 70 valence electrons. The molecule has 1 unspecified atom stereocenters. The number of aldehydes is 1. The van der Waals surface area contributed by atoms with Crippen LogP contribution in [0.1, 0.15) is 18.9 Å². The number of anilines is 1. The number of rotatable bonds is 3. The molecule has 0 amide bonds. The van der Waals surface area contributed by atoms with Crippen molar-refractivity contribution in [1.82, 2.24) is 4.98 Å². The van der Waals surface area contributed by atoms with Crippen molar-refractivity contribution in [2.24, 2.45) is 0 Å². The lowest BCUT2D eigenvalue weighted by atomic mass is 9.94. The first-order chi connectivity index (χ1) is 6.08. The third kappa shape index (κ3) is 2.03. The average molecular weight is 180 g/mol. The molecule has 4 heteroatoms. The summed E-state index contributed by atoms with van der Waals surface area (Å²) in [5.41, 5.74) is 4.82. The molecule has 3 N–H and O–H groups in total. The highest BCUT2D eigenvalue weighted by molar-refractivity contribution is 5.54. The van der Waals surface area contributed by atoms with Gasteiger partial charge in [-0.05, 0) is 13.0 Å². The predicted octanol–water partition coefficient (Wildman–Crippen LogP) is 0.460. The normalized spacial score (nSPS) is 14.9. The van der Waals surface area contributed by atoms with Gasteiger partial charge in [-0.25, -0.2) is 4.98 Å². The van der Waals surface area contributed by atoms with Gasteiger partial charge in [0.25, 0.3) is 0 Å². The van der Waals surface area contributed by atoms with Crippen molar-refractivity contribution in [3.63, 3.8) is 0 Å². The monoisotopic (exact) mass is 180 g/mol. The third-order valence-corrected chi connectivity index (χ3v) is 1.90.